The predicted octanol–water partition coefficient (Wildman–Crippen LogP) is 6.96. The summed E-state index contributed by atoms with van der Waals surface area (Å²) in [5.74, 6) is 3.04. The number of hydrogen-bond donors (Lipinski definition) is 1. The Labute approximate surface area is 190 Å². The molecule has 3 unspecified atom stereocenters. The number of allylic oxidation sites excluding steroid dienone is 2. The van der Waals surface area contributed by atoms with Gasteiger partial charge < -0.3 is 5.11 Å². The van der Waals surface area contributed by atoms with Gasteiger partial charge in [0.05, 0.1) is 0 Å². The minimum atomic E-state index is -0.170. The average molecular weight is 427 g/mol. The first kappa shape index (κ1) is 22.2. The number of aliphatic hydroxyl groups is 1. The van der Waals surface area contributed by atoms with E-state index in [0.29, 0.717) is 35.6 Å². The Kier molecular flexibility index (Phi) is 4.80. The molecule has 5 aliphatic rings. The number of aliphatic hydroxyl groups excluding tert-OH is 1. The van der Waals surface area contributed by atoms with E-state index in [1.54, 1.807) is 5.57 Å². The van der Waals surface area contributed by atoms with E-state index in [9.17, 15) is 9.90 Å². The Morgan fingerprint density at radius 1 is 0.968 bits per heavy atom. The van der Waals surface area contributed by atoms with E-state index in [2.05, 4.69) is 47.6 Å². The van der Waals surface area contributed by atoms with E-state index >= 15 is 0 Å². The Bertz CT molecular complexity index is 810. The van der Waals surface area contributed by atoms with E-state index in [0.717, 1.165) is 18.8 Å². The smallest absolute Gasteiger partial charge is 0.138 e. The van der Waals surface area contributed by atoms with Crippen LogP contribution in [0.1, 0.15) is 106 Å². The summed E-state index contributed by atoms with van der Waals surface area (Å²) in [6, 6.07) is 0. The fourth-order valence-electron chi connectivity index (χ4n) is 10.3. The molecule has 1 N–H and O–H groups in total. The van der Waals surface area contributed by atoms with Gasteiger partial charge in [-0.05, 0) is 91.3 Å². The first-order chi connectivity index (χ1) is 14.4. The van der Waals surface area contributed by atoms with Gasteiger partial charge in [-0.25, -0.2) is 0 Å². The standard InChI is InChI=1S/C29H46O2/c1-19-9-14-29(18-30)16-15-27(5)20(21(29)17-19)7-8-23-26(4)12-11-24(31)25(2,3)22(26)10-13-28(23,27)6/h7,19,21-23,30H,8-18H2,1-6H3/t19-,21-,22?,23?,26-,27-,28+,29?/m0/s1. The second kappa shape index (κ2) is 6.71. The Hall–Kier alpha value is -0.630. The third-order valence-electron chi connectivity index (χ3n) is 12.6. The van der Waals surface area contributed by atoms with E-state index in [1.807, 2.05) is 0 Å². The molecule has 5 aliphatic carbocycles. The lowest BCUT2D eigenvalue weighted by atomic mass is 9.34. The van der Waals surface area contributed by atoms with Crippen molar-refractivity contribution in [1.29, 1.82) is 0 Å². The molecule has 174 valence electrons. The predicted molar refractivity (Wildman–Crippen MR) is 127 cm³/mol. The Morgan fingerprint density at radius 2 is 1.71 bits per heavy atom. The maximum atomic E-state index is 12.9. The molecule has 31 heavy (non-hydrogen) atoms. The van der Waals surface area contributed by atoms with Crippen LogP contribution in [0.25, 0.3) is 0 Å². The third-order valence-corrected chi connectivity index (χ3v) is 12.6. The highest BCUT2D eigenvalue weighted by Crippen LogP contribution is 2.75. The maximum absolute atomic E-state index is 12.9. The van der Waals surface area contributed by atoms with Crippen molar-refractivity contribution in [2.24, 2.45) is 50.7 Å². The molecular weight excluding hydrogens is 380 g/mol. The van der Waals surface area contributed by atoms with Gasteiger partial charge in [-0.15, -0.1) is 0 Å². The number of carbonyl (C=O) groups excluding carboxylic acids is 1. The van der Waals surface area contributed by atoms with E-state index in [1.165, 1.54) is 51.4 Å². The summed E-state index contributed by atoms with van der Waals surface area (Å²) in [5.41, 5.74) is 2.52. The molecule has 0 saturated heterocycles. The van der Waals surface area contributed by atoms with Gasteiger partial charge in [-0.2, -0.15) is 0 Å². The molecule has 0 aromatic carbocycles. The number of fused-ring (bicyclic) bond motifs is 7. The summed E-state index contributed by atoms with van der Waals surface area (Å²) in [4.78, 5) is 12.9. The normalized spacial score (nSPS) is 53.5. The van der Waals surface area contributed by atoms with Crippen LogP contribution in [0.4, 0.5) is 0 Å². The summed E-state index contributed by atoms with van der Waals surface area (Å²) in [5, 5.41) is 10.6. The number of Topliss-reactive ketones (excluding diaryl/α,β-unsaturated/α-hetero) is 1. The Balaban J connectivity index is 1.58. The number of carbonyl (C=O) groups is 1. The zero-order valence-electron chi connectivity index (χ0n) is 21.0. The molecule has 0 bridgehead atoms. The van der Waals surface area contributed by atoms with Gasteiger partial charge in [0.2, 0.25) is 0 Å². The number of hydrogen-bond acceptors (Lipinski definition) is 2. The molecule has 0 aromatic rings. The first-order valence-corrected chi connectivity index (χ1v) is 13.3. The molecule has 4 saturated carbocycles. The summed E-state index contributed by atoms with van der Waals surface area (Å²) in [6.45, 7) is 15.1. The van der Waals surface area contributed by atoms with Crippen molar-refractivity contribution in [3.05, 3.63) is 11.6 Å². The van der Waals surface area contributed by atoms with Crippen LogP contribution >= 0.6 is 0 Å². The molecule has 0 spiro atoms. The van der Waals surface area contributed by atoms with Crippen molar-refractivity contribution in [3.63, 3.8) is 0 Å². The van der Waals surface area contributed by atoms with Gasteiger partial charge in [0.1, 0.15) is 5.78 Å². The van der Waals surface area contributed by atoms with Crippen LogP contribution in [0, 0.1) is 50.7 Å². The summed E-state index contributed by atoms with van der Waals surface area (Å²) in [7, 11) is 0. The SMILES string of the molecule is C[C@H]1CCC2(CO)CC[C@@]3(C)C(=CCC4[C@@]5(C)CCC(=O)C(C)(C)C5CC[C@]43C)[C@@H]2C1. The molecule has 0 amide bonds. The van der Waals surface area contributed by atoms with Crippen molar-refractivity contribution in [2.75, 3.05) is 6.61 Å². The van der Waals surface area contributed by atoms with E-state index < -0.39 is 0 Å². The van der Waals surface area contributed by atoms with Gasteiger partial charge in [0.25, 0.3) is 0 Å². The van der Waals surface area contributed by atoms with Gasteiger partial charge in [-0.3, -0.25) is 4.79 Å². The van der Waals surface area contributed by atoms with Crippen molar-refractivity contribution in [1.82, 2.24) is 0 Å². The fourth-order valence-corrected chi connectivity index (χ4v) is 10.3. The highest BCUT2D eigenvalue weighted by Gasteiger charge is 2.67. The Morgan fingerprint density at radius 3 is 2.42 bits per heavy atom. The first-order valence-electron chi connectivity index (χ1n) is 13.3. The maximum Gasteiger partial charge on any atom is 0.138 e. The topological polar surface area (TPSA) is 37.3 Å². The van der Waals surface area contributed by atoms with Crippen molar-refractivity contribution >= 4 is 5.78 Å². The largest absolute Gasteiger partial charge is 0.396 e. The average Bonchev–Trinajstić information content (AvgIpc) is 2.72. The van der Waals surface area contributed by atoms with Crippen LogP contribution in [0.5, 0.6) is 0 Å². The zero-order valence-corrected chi connectivity index (χ0v) is 21.0. The van der Waals surface area contributed by atoms with E-state index in [-0.39, 0.29) is 21.7 Å². The monoisotopic (exact) mass is 426 g/mol. The minimum absolute atomic E-state index is 0.140. The molecule has 8 atom stereocenters. The molecule has 4 fully saturated rings. The highest BCUT2D eigenvalue weighted by molar-refractivity contribution is 5.85. The van der Waals surface area contributed by atoms with Crippen molar-refractivity contribution < 1.29 is 9.90 Å². The van der Waals surface area contributed by atoms with Crippen LogP contribution in [0.3, 0.4) is 0 Å². The quantitative estimate of drug-likeness (QED) is 0.460. The molecule has 0 aromatic heterocycles. The minimum Gasteiger partial charge on any atom is -0.396 e. The van der Waals surface area contributed by atoms with Gasteiger partial charge >= 0.3 is 0 Å². The van der Waals surface area contributed by atoms with Crippen molar-refractivity contribution in [2.45, 2.75) is 106 Å². The fraction of sp³-hybridized carbons (Fsp3) is 0.897. The molecule has 2 heteroatoms. The molecular formula is C29H46O2. The summed E-state index contributed by atoms with van der Waals surface area (Å²) in [6.07, 6.45) is 14.4. The lowest BCUT2D eigenvalue weighted by molar-refractivity contribution is -0.185. The van der Waals surface area contributed by atoms with Gasteiger partial charge in [-0.1, -0.05) is 59.6 Å². The molecule has 0 aliphatic heterocycles. The molecule has 0 heterocycles. The van der Waals surface area contributed by atoms with Crippen LogP contribution in [-0.2, 0) is 4.79 Å². The van der Waals surface area contributed by atoms with Crippen LogP contribution in [0.2, 0.25) is 0 Å². The van der Waals surface area contributed by atoms with Gasteiger partial charge in [0, 0.05) is 23.9 Å². The van der Waals surface area contributed by atoms with Gasteiger partial charge in [0.15, 0.2) is 0 Å². The molecule has 2 nitrogen and oxygen atoms in total. The number of ketones is 1. The van der Waals surface area contributed by atoms with Crippen LogP contribution in [0.15, 0.2) is 11.6 Å². The summed E-state index contributed by atoms with van der Waals surface area (Å²) >= 11 is 0. The number of rotatable bonds is 1. The summed E-state index contributed by atoms with van der Waals surface area (Å²) < 4.78 is 0. The molecule has 5 rings (SSSR count). The second-order valence-corrected chi connectivity index (χ2v) is 13.9. The lowest BCUT2D eigenvalue weighted by Gasteiger charge is -2.70. The third kappa shape index (κ3) is 2.64. The zero-order chi connectivity index (χ0) is 22.4. The van der Waals surface area contributed by atoms with Crippen LogP contribution in [-0.4, -0.2) is 17.5 Å². The molecule has 0 radical (unpaired) electrons. The van der Waals surface area contributed by atoms with Crippen LogP contribution < -0.4 is 0 Å². The highest BCUT2D eigenvalue weighted by atomic mass is 16.3. The van der Waals surface area contributed by atoms with E-state index in [4.69, 9.17) is 0 Å². The van der Waals surface area contributed by atoms with Crippen molar-refractivity contribution in [3.8, 4) is 0 Å². The second-order valence-electron chi connectivity index (χ2n) is 13.9. The lowest BCUT2D eigenvalue weighted by Crippen LogP contribution is -2.64.